The van der Waals surface area contributed by atoms with Gasteiger partial charge < -0.3 is 14.4 Å². The van der Waals surface area contributed by atoms with Gasteiger partial charge in [-0.25, -0.2) is 0 Å². The predicted molar refractivity (Wildman–Crippen MR) is 117 cm³/mol. The molecule has 0 bridgehead atoms. The molecule has 2 rings (SSSR count). The number of carbonyl (C=O) groups is 1. The molecule has 1 saturated carbocycles. The van der Waals surface area contributed by atoms with Crippen molar-refractivity contribution < 1.29 is 14.3 Å². The minimum Gasteiger partial charge on any atom is -0.492 e. The zero-order valence-electron chi connectivity index (χ0n) is 15.4. The Balaban J connectivity index is 0.00000338. The number of carbonyl (C=O) groups excluding carboxylic acids is 1. The maximum Gasteiger partial charge on any atom is 0.306 e. The van der Waals surface area contributed by atoms with Crippen molar-refractivity contribution >= 4 is 53.1 Å². The molecule has 0 amide bonds. The van der Waals surface area contributed by atoms with Crippen LogP contribution in [0.2, 0.25) is 10.0 Å². The lowest BCUT2D eigenvalue weighted by atomic mass is 9.86. The van der Waals surface area contributed by atoms with Crippen molar-refractivity contribution in [3.05, 3.63) is 28.2 Å². The average Bonchev–Trinajstić information content (AvgIpc) is 2.54. The Morgan fingerprint density at radius 3 is 2.65 bits per heavy atom. The summed E-state index contributed by atoms with van der Waals surface area (Å²) in [7, 11) is 4.12. The highest BCUT2D eigenvalue weighted by molar-refractivity contribution is 14.0. The number of ether oxygens (including phenoxy) is 2. The molecule has 0 radical (unpaired) electrons. The minimum absolute atomic E-state index is 0. The van der Waals surface area contributed by atoms with Crippen LogP contribution in [0, 0.1) is 5.92 Å². The minimum atomic E-state index is -0.138. The molecular formula is C19H28Cl2INO3. The summed E-state index contributed by atoms with van der Waals surface area (Å²) in [6, 6.07) is 5.10. The van der Waals surface area contributed by atoms with E-state index in [-0.39, 0.29) is 36.0 Å². The molecule has 0 aliphatic heterocycles. The van der Waals surface area contributed by atoms with Gasteiger partial charge in [0.1, 0.15) is 11.9 Å². The van der Waals surface area contributed by atoms with Gasteiger partial charge in [-0.2, -0.15) is 0 Å². The maximum absolute atomic E-state index is 12.1. The second-order valence-corrected chi connectivity index (χ2v) is 7.71. The molecule has 0 spiro atoms. The third kappa shape index (κ3) is 8.19. The summed E-state index contributed by atoms with van der Waals surface area (Å²) in [5, 5.41) is 1.05. The highest BCUT2D eigenvalue weighted by atomic mass is 127. The lowest BCUT2D eigenvalue weighted by Crippen LogP contribution is -2.36. The van der Waals surface area contributed by atoms with Crippen LogP contribution in [0.25, 0.3) is 0 Å². The Hall–Kier alpha value is -0.240. The summed E-state index contributed by atoms with van der Waals surface area (Å²) in [4.78, 5) is 14.3. The lowest BCUT2D eigenvalue weighted by Gasteiger charge is -2.32. The van der Waals surface area contributed by atoms with E-state index in [0.29, 0.717) is 41.2 Å². The predicted octanol–water partition coefficient (Wildman–Crippen LogP) is 5.43. The fourth-order valence-electron chi connectivity index (χ4n) is 3.23. The Morgan fingerprint density at radius 1 is 1.23 bits per heavy atom. The van der Waals surface area contributed by atoms with Crippen LogP contribution in [0.3, 0.4) is 0 Å². The summed E-state index contributed by atoms with van der Waals surface area (Å²) in [5.74, 6) is 0.885. The Bertz CT molecular complexity index is 572. The fourth-order valence-corrected chi connectivity index (χ4v) is 3.69. The summed E-state index contributed by atoms with van der Waals surface area (Å²) >= 11 is 11.9. The molecule has 0 N–H and O–H groups in total. The van der Waals surface area contributed by atoms with Crippen LogP contribution in [0.1, 0.15) is 38.5 Å². The van der Waals surface area contributed by atoms with Gasteiger partial charge in [0.15, 0.2) is 0 Å². The highest BCUT2D eigenvalue weighted by Crippen LogP contribution is 2.29. The molecule has 1 aromatic rings. The maximum atomic E-state index is 12.1. The van der Waals surface area contributed by atoms with E-state index in [1.807, 2.05) is 0 Å². The van der Waals surface area contributed by atoms with Gasteiger partial charge in [-0.15, -0.1) is 24.0 Å². The van der Waals surface area contributed by atoms with Crippen molar-refractivity contribution in [1.29, 1.82) is 0 Å². The van der Waals surface area contributed by atoms with Crippen molar-refractivity contribution in [3.8, 4) is 5.75 Å². The summed E-state index contributed by atoms with van der Waals surface area (Å²) in [6.45, 7) is 1.39. The van der Waals surface area contributed by atoms with Crippen molar-refractivity contribution in [3.63, 3.8) is 0 Å². The van der Waals surface area contributed by atoms with E-state index in [1.165, 1.54) is 6.42 Å². The first-order chi connectivity index (χ1) is 12.0. The van der Waals surface area contributed by atoms with Crippen molar-refractivity contribution in [1.82, 2.24) is 4.90 Å². The third-order valence-corrected chi connectivity index (χ3v) is 4.93. The molecule has 2 atom stereocenters. The van der Waals surface area contributed by atoms with Crippen LogP contribution < -0.4 is 4.74 Å². The molecule has 7 heteroatoms. The van der Waals surface area contributed by atoms with Gasteiger partial charge in [0.25, 0.3) is 0 Å². The number of benzene rings is 1. The van der Waals surface area contributed by atoms with E-state index < -0.39 is 0 Å². The second kappa shape index (κ2) is 12.3. The first kappa shape index (κ1) is 23.8. The zero-order chi connectivity index (χ0) is 18.2. The van der Waals surface area contributed by atoms with Gasteiger partial charge in [-0.3, -0.25) is 4.79 Å². The van der Waals surface area contributed by atoms with Crippen molar-refractivity contribution in [2.45, 2.75) is 44.6 Å². The van der Waals surface area contributed by atoms with E-state index >= 15 is 0 Å². The normalized spacial score (nSPS) is 19.7. The van der Waals surface area contributed by atoms with Crippen LogP contribution >= 0.6 is 47.2 Å². The van der Waals surface area contributed by atoms with E-state index in [0.717, 1.165) is 25.8 Å². The molecule has 1 fully saturated rings. The quantitative estimate of drug-likeness (QED) is 0.263. The topological polar surface area (TPSA) is 38.8 Å². The molecule has 148 valence electrons. The summed E-state index contributed by atoms with van der Waals surface area (Å²) in [5.41, 5.74) is 0. The molecule has 0 heterocycles. The fraction of sp³-hybridized carbons (Fsp3) is 0.632. The van der Waals surface area contributed by atoms with Crippen LogP contribution in [-0.2, 0) is 9.53 Å². The molecule has 1 aliphatic carbocycles. The van der Waals surface area contributed by atoms with Crippen molar-refractivity contribution in [2.75, 3.05) is 27.2 Å². The Morgan fingerprint density at radius 2 is 1.96 bits per heavy atom. The number of rotatable bonds is 8. The van der Waals surface area contributed by atoms with E-state index in [9.17, 15) is 4.79 Å². The molecule has 26 heavy (non-hydrogen) atoms. The number of hydrogen-bond acceptors (Lipinski definition) is 4. The Labute approximate surface area is 183 Å². The average molecular weight is 516 g/mol. The van der Waals surface area contributed by atoms with E-state index in [2.05, 4.69) is 19.0 Å². The van der Waals surface area contributed by atoms with Crippen LogP contribution in [0.15, 0.2) is 18.2 Å². The Kier molecular flexibility index (Phi) is 11.2. The van der Waals surface area contributed by atoms with E-state index in [4.69, 9.17) is 32.7 Å². The highest BCUT2D eigenvalue weighted by Gasteiger charge is 2.28. The number of nitrogens with zero attached hydrogens (tertiary/aromatic N) is 1. The summed E-state index contributed by atoms with van der Waals surface area (Å²) < 4.78 is 11.3. The van der Waals surface area contributed by atoms with Gasteiger partial charge >= 0.3 is 5.97 Å². The standard InChI is InChI=1S/C19H27Cl2NO3.HI/c1-22(2)13-14-6-3-4-7-17(14)25-19(23)8-5-11-24-18-10-9-15(20)12-16(18)21;/h9-10,12,14,17H,3-8,11,13H2,1-2H3;1H. The number of halogens is 3. The molecule has 0 aromatic heterocycles. The molecule has 4 nitrogen and oxygen atoms in total. The largest absolute Gasteiger partial charge is 0.492 e. The first-order valence-corrected chi connectivity index (χ1v) is 9.63. The first-order valence-electron chi connectivity index (χ1n) is 8.88. The van der Waals surface area contributed by atoms with Crippen LogP contribution in [0.5, 0.6) is 5.75 Å². The van der Waals surface area contributed by atoms with Gasteiger partial charge in [-0.1, -0.05) is 29.6 Å². The number of hydrogen-bond donors (Lipinski definition) is 0. The van der Waals surface area contributed by atoms with Gasteiger partial charge in [0, 0.05) is 23.9 Å². The van der Waals surface area contributed by atoms with Gasteiger partial charge in [0.05, 0.1) is 11.6 Å². The number of esters is 1. The molecular weight excluding hydrogens is 488 g/mol. The van der Waals surface area contributed by atoms with Crippen LogP contribution in [0.4, 0.5) is 0 Å². The summed E-state index contributed by atoms with van der Waals surface area (Å²) in [6.07, 6.45) is 5.48. The third-order valence-electron chi connectivity index (χ3n) is 4.40. The smallest absolute Gasteiger partial charge is 0.306 e. The zero-order valence-corrected chi connectivity index (χ0v) is 19.2. The second-order valence-electron chi connectivity index (χ2n) is 6.86. The molecule has 1 aromatic carbocycles. The van der Waals surface area contributed by atoms with Gasteiger partial charge in [-0.05, 0) is 58.0 Å². The monoisotopic (exact) mass is 515 g/mol. The van der Waals surface area contributed by atoms with E-state index in [1.54, 1.807) is 18.2 Å². The van der Waals surface area contributed by atoms with Crippen LogP contribution in [-0.4, -0.2) is 44.2 Å². The van der Waals surface area contributed by atoms with Crippen molar-refractivity contribution in [2.24, 2.45) is 5.92 Å². The molecule has 1 aliphatic rings. The molecule has 2 unspecified atom stereocenters. The molecule has 0 saturated heterocycles. The van der Waals surface area contributed by atoms with Gasteiger partial charge in [0.2, 0.25) is 0 Å². The lowest BCUT2D eigenvalue weighted by molar-refractivity contribution is -0.154. The SMILES string of the molecule is CN(C)CC1CCCCC1OC(=O)CCCOc1ccc(Cl)cc1Cl.I.